The number of aromatic hydroxyl groups is 4. The van der Waals surface area contributed by atoms with Crippen LogP contribution in [0.2, 0.25) is 0 Å². The second kappa shape index (κ2) is 36.7. The molecule has 1 aliphatic carbocycles. The van der Waals surface area contributed by atoms with E-state index in [1.807, 2.05) is 88.4 Å². The lowest BCUT2D eigenvalue weighted by atomic mass is 9.87. The van der Waals surface area contributed by atoms with E-state index >= 15 is 0 Å². The van der Waals surface area contributed by atoms with Crippen LogP contribution >= 0.6 is 0 Å². The van der Waals surface area contributed by atoms with E-state index in [0.717, 1.165) is 63.8 Å². The van der Waals surface area contributed by atoms with Gasteiger partial charge in [-0.1, -0.05) is 95.5 Å². The molecular weight excluding hydrogens is 1360 g/mol. The highest BCUT2D eigenvalue weighted by atomic mass is 16.3. The van der Waals surface area contributed by atoms with Crippen molar-refractivity contribution in [3.8, 4) is 113 Å². The summed E-state index contributed by atoms with van der Waals surface area (Å²) in [6.45, 7) is 9.20. The van der Waals surface area contributed by atoms with Crippen LogP contribution in [0.15, 0.2) is 219 Å². The molecule has 1 aliphatic rings. The highest BCUT2D eigenvalue weighted by Gasteiger charge is 2.22. The van der Waals surface area contributed by atoms with Crippen LogP contribution < -0.4 is 44.2 Å². The number of nitrogens with zero attached hydrogens (tertiary/aromatic N) is 8. The summed E-state index contributed by atoms with van der Waals surface area (Å²) in [7, 11) is 0. The Hall–Kier alpha value is -13.6. The van der Waals surface area contributed by atoms with Crippen LogP contribution in [-0.2, 0) is 19.2 Å². The second-order valence-electron chi connectivity index (χ2n) is 26.4. The summed E-state index contributed by atoms with van der Waals surface area (Å²) < 4.78 is 0. The van der Waals surface area contributed by atoms with Crippen LogP contribution in [0.25, 0.3) is 90.1 Å². The summed E-state index contributed by atoms with van der Waals surface area (Å²) in [4.78, 5) is 85.2. The molecular formula is C84H86N16O8. The molecule has 4 aromatic heterocycles. The molecule has 13 rings (SSSR count). The number of benzene rings is 8. The molecule has 0 bridgehead atoms. The van der Waals surface area contributed by atoms with Crippen LogP contribution in [0.5, 0.6) is 23.0 Å². The number of nitrogens with one attached hydrogen (secondary N) is 4. The van der Waals surface area contributed by atoms with Gasteiger partial charge in [0.15, 0.2) is 23.3 Å². The minimum Gasteiger partial charge on any atom is -0.508 e. The van der Waals surface area contributed by atoms with Crippen molar-refractivity contribution in [2.75, 3.05) is 44.2 Å². The van der Waals surface area contributed by atoms with Gasteiger partial charge in [-0.3, -0.25) is 19.2 Å². The molecule has 4 amide bonds. The average molecular weight is 1450 g/mol. The maximum absolute atomic E-state index is 12.7. The Morgan fingerprint density at radius 3 is 0.926 bits per heavy atom. The van der Waals surface area contributed by atoms with Gasteiger partial charge in [0.2, 0.25) is 23.6 Å². The number of amides is 4. The van der Waals surface area contributed by atoms with Gasteiger partial charge in [0.25, 0.3) is 0 Å². The van der Waals surface area contributed by atoms with E-state index in [9.17, 15) is 39.6 Å². The van der Waals surface area contributed by atoms with Gasteiger partial charge in [-0.25, -0.2) is 39.9 Å². The number of hydrogen-bond acceptors (Lipinski definition) is 20. The number of carbonyl (C=O) groups is 4. The molecule has 108 heavy (non-hydrogen) atoms. The zero-order valence-electron chi connectivity index (χ0n) is 60.5. The van der Waals surface area contributed by atoms with Crippen LogP contribution in [0.4, 0.5) is 46.0 Å². The van der Waals surface area contributed by atoms with Crippen molar-refractivity contribution in [2.24, 2.45) is 17.8 Å². The Morgan fingerprint density at radius 1 is 0.380 bits per heavy atom. The second-order valence-corrected chi connectivity index (χ2v) is 26.4. The number of nitrogens with two attached hydrogens (primary N) is 4. The van der Waals surface area contributed by atoms with Crippen LogP contribution in [0.1, 0.15) is 86.0 Å². The standard InChI is InChI=1S/C24H26N4O2.2C21H22N4O2.C18H16N4O2/c25-19-10-6-17(7-11-19)21-15-26-24(23(27-21)18-8-12-20(29)13-9-18)28-22(30)14-16-4-2-1-3-5-16;1-13(2)11-19(27)25-21-20(15-5-9-17(26)10-6-15)24-18(12-23-21)14-3-7-16(22)8-4-14;1-3-13(2)21(27)25-20-19(15-6-10-17(26)11-7-15)24-18(12-23-20)14-4-8-16(22)9-5-14;1-11(23)21-18-17(13-4-8-15(24)9-5-13)22-16(10-20-18)12-2-6-14(19)7-3-12/h6-13,15-16,29H,1-5,14,25H2,(H,26,28,30);3-10,12-13,26H,11,22H2,1-2H3,(H,23,25,27);4-13,26H,3,22H2,1-2H3,(H,23,25,27);2-10,24H,19H2,1H3,(H,20,21,23). The SMILES string of the molecule is CC(=O)Nc1ncc(-c2ccc(N)cc2)nc1-c1ccc(O)cc1.CC(C)CC(=O)Nc1ncc(-c2ccc(N)cc2)nc1-c1ccc(O)cc1.CCC(C)C(=O)Nc1ncc(-c2ccc(N)cc2)nc1-c1ccc(O)cc1.Nc1ccc(-c2cnc(NC(=O)CC3CCCCC3)c(-c3ccc(O)cc3)n2)cc1. The van der Waals surface area contributed by atoms with Gasteiger partial charge in [-0.05, 0) is 177 Å². The van der Waals surface area contributed by atoms with Crippen molar-refractivity contribution in [3.63, 3.8) is 0 Å². The Kier molecular flexibility index (Phi) is 26.1. The summed E-state index contributed by atoms with van der Waals surface area (Å²) in [6.07, 6.45) is 14.0. The summed E-state index contributed by atoms with van der Waals surface area (Å²) in [5, 5.41) is 49.6. The molecule has 0 spiro atoms. The number of anilines is 8. The van der Waals surface area contributed by atoms with Gasteiger partial charge in [0, 0.05) is 92.9 Å². The quantitative estimate of drug-likeness (QED) is 0.0355. The van der Waals surface area contributed by atoms with E-state index in [2.05, 4.69) is 46.2 Å². The predicted octanol–water partition coefficient (Wildman–Crippen LogP) is 16.2. The molecule has 4 heterocycles. The molecule has 12 aromatic rings. The third kappa shape index (κ3) is 21.7. The summed E-state index contributed by atoms with van der Waals surface area (Å²) in [5.74, 6) is 2.31. The molecule has 1 atom stereocenters. The number of phenols is 4. The van der Waals surface area contributed by atoms with Gasteiger partial charge < -0.3 is 64.6 Å². The van der Waals surface area contributed by atoms with Crippen LogP contribution in [0, 0.1) is 17.8 Å². The third-order valence-corrected chi connectivity index (χ3v) is 17.4. The smallest absolute Gasteiger partial charge is 0.228 e. The molecule has 0 aliphatic heterocycles. The van der Waals surface area contributed by atoms with Gasteiger partial charge in [-0.15, -0.1) is 0 Å². The first kappa shape index (κ1) is 77.0. The lowest BCUT2D eigenvalue weighted by molar-refractivity contribution is -0.119. The van der Waals surface area contributed by atoms with E-state index < -0.39 is 0 Å². The highest BCUT2D eigenvalue weighted by molar-refractivity contribution is 5.97. The Balaban J connectivity index is 0.000000154. The first-order chi connectivity index (χ1) is 52.0. The van der Waals surface area contributed by atoms with Crippen molar-refractivity contribution in [1.29, 1.82) is 0 Å². The van der Waals surface area contributed by atoms with Gasteiger partial charge in [0.1, 0.15) is 45.8 Å². The van der Waals surface area contributed by atoms with E-state index in [-0.39, 0.29) is 58.5 Å². The fourth-order valence-electron chi connectivity index (χ4n) is 11.4. The average Bonchev–Trinajstić information content (AvgIpc) is 0.819. The number of aromatic nitrogens is 8. The number of hydrogen-bond donors (Lipinski definition) is 12. The molecule has 1 unspecified atom stereocenters. The minimum atomic E-state index is -0.232. The van der Waals surface area contributed by atoms with E-state index in [0.29, 0.717) is 110 Å². The maximum atomic E-state index is 12.7. The highest BCUT2D eigenvalue weighted by Crippen LogP contribution is 2.36. The molecule has 1 fully saturated rings. The van der Waals surface area contributed by atoms with Crippen molar-refractivity contribution >= 4 is 69.6 Å². The van der Waals surface area contributed by atoms with Crippen molar-refractivity contribution in [3.05, 3.63) is 219 Å². The van der Waals surface area contributed by atoms with Crippen LogP contribution in [-0.4, -0.2) is 83.9 Å². The van der Waals surface area contributed by atoms with Gasteiger partial charge >= 0.3 is 0 Å². The summed E-state index contributed by atoms with van der Waals surface area (Å²) in [6, 6.07) is 56.0. The molecule has 24 nitrogen and oxygen atoms in total. The lowest BCUT2D eigenvalue weighted by Gasteiger charge is -2.21. The minimum absolute atomic E-state index is 0.0311. The zero-order valence-corrected chi connectivity index (χ0v) is 60.5. The monoisotopic (exact) mass is 1450 g/mol. The Bertz CT molecular complexity index is 5030. The fourth-order valence-corrected chi connectivity index (χ4v) is 11.4. The lowest BCUT2D eigenvalue weighted by Crippen LogP contribution is -2.21. The summed E-state index contributed by atoms with van der Waals surface area (Å²) in [5.41, 5.74) is 37.0. The van der Waals surface area contributed by atoms with Crippen molar-refractivity contribution < 1.29 is 39.6 Å². The molecule has 16 N–H and O–H groups in total. The molecule has 0 saturated heterocycles. The van der Waals surface area contributed by atoms with E-state index in [1.54, 1.807) is 158 Å². The van der Waals surface area contributed by atoms with E-state index in [4.69, 9.17) is 37.9 Å². The number of nitrogen functional groups attached to an aromatic ring is 4. The Labute approximate surface area is 626 Å². The number of phenolic OH excluding ortho intramolecular Hbond substituents is 4. The maximum Gasteiger partial charge on any atom is 0.228 e. The summed E-state index contributed by atoms with van der Waals surface area (Å²) >= 11 is 0. The van der Waals surface area contributed by atoms with Gasteiger partial charge in [0.05, 0.1) is 47.6 Å². The number of carbonyl (C=O) groups excluding carboxylic acids is 4. The third-order valence-electron chi connectivity index (χ3n) is 17.4. The zero-order chi connectivity index (χ0) is 76.8. The molecule has 550 valence electrons. The Morgan fingerprint density at radius 2 is 0.648 bits per heavy atom. The molecule has 1 saturated carbocycles. The first-order valence-corrected chi connectivity index (χ1v) is 35.3. The molecule has 0 radical (unpaired) electrons. The molecule has 8 aromatic carbocycles. The number of rotatable bonds is 18. The first-order valence-electron chi connectivity index (χ1n) is 35.3. The topological polar surface area (TPSA) is 405 Å². The van der Waals surface area contributed by atoms with E-state index in [1.165, 1.54) is 26.2 Å². The van der Waals surface area contributed by atoms with Gasteiger partial charge in [-0.2, -0.15) is 0 Å². The molecule has 24 heteroatoms. The largest absolute Gasteiger partial charge is 0.508 e. The predicted molar refractivity (Wildman–Crippen MR) is 426 cm³/mol. The fraction of sp³-hybridized carbons (Fsp3) is 0.190. The van der Waals surface area contributed by atoms with Crippen molar-refractivity contribution in [2.45, 2.75) is 86.0 Å². The van der Waals surface area contributed by atoms with Crippen molar-refractivity contribution in [1.82, 2.24) is 39.9 Å². The normalized spacial score (nSPS) is 11.9. The van der Waals surface area contributed by atoms with Crippen LogP contribution in [0.3, 0.4) is 0 Å².